The van der Waals surface area contributed by atoms with Crippen LogP contribution in [0.1, 0.15) is 11.7 Å². The van der Waals surface area contributed by atoms with Gasteiger partial charge in [0, 0.05) is 18.0 Å². The molecule has 1 aromatic carbocycles. The molecule has 1 aromatic rings. The van der Waals surface area contributed by atoms with E-state index in [1.54, 1.807) is 17.8 Å². The van der Waals surface area contributed by atoms with Gasteiger partial charge in [-0.2, -0.15) is 0 Å². The van der Waals surface area contributed by atoms with Gasteiger partial charge in [0.25, 0.3) is 0 Å². The van der Waals surface area contributed by atoms with Gasteiger partial charge in [0.1, 0.15) is 0 Å². The van der Waals surface area contributed by atoms with E-state index in [0.717, 1.165) is 10.5 Å². The molecule has 0 bridgehead atoms. The standard InChI is InChI=1S/C13H18N2O2S/c1-3-8-14-13(17)15-9-12(16)10-4-6-11(18-2)7-5-10/h3-7,12,16H,1,8-9H2,2H3,(H2,14,15,17). The Hall–Kier alpha value is -1.46. The van der Waals surface area contributed by atoms with Crippen LogP contribution >= 0.6 is 11.8 Å². The van der Waals surface area contributed by atoms with Crippen molar-refractivity contribution >= 4 is 17.8 Å². The molecule has 1 unspecified atom stereocenters. The minimum atomic E-state index is -0.699. The molecule has 0 saturated heterocycles. The van der Waals surface area contributed by atoms with Crippen molar-refractivity contribution in [2.45, 2.75) is 11.0 Å². The maximum atomic E-state index is 11.3. The number of carbonyl (C=O) groups is 1. The fourth-order valence-corrected chi connectivity index (χ4v) is 1.77. The summed E-state index contributed by atoms with van der Waals surface area (Å²) in [6.07, 6.45) is 2.89. The molecular weight excluding hydrogens is 248 g/mol. The minimum Gasteiger partial charge on any atom is -0.387 e. The van der Waals surface area contributed by atoms with Gasteiger partial charge in [0.05, 0.1) is 6.10 Å². The summed E-state index contributed by atoms with van der Waals surface area (Å²) in [7, 11) is 0. The second-order valence-corrected chi connectivity index (χ2v) is 4.55. The number of hydrogen-bond donors (Lipinski definition) is 3. The van der Waals surface area contributed by atoms with Crippen LogP contribution in [0.25, 0.3) is 0 Å². The van der Waals surface area contributed by atoms with Crippen LogP contribution in [0.5, 0.6) is 0 Å². The highest BCUT2D eigenvalue weighted by Crippen LogP contribution is 2.18. The zero-order valence-electron chi connectivity index (χ0n) is 10.3. The average Bonchev–Trinajstić information content (AvgIpc) is 2.42. The van der Waals surface area contributed by atoms with Gasteiger partial charge in [-0.15, -0.1) is 18.3 Å². The third-order valence-electron chi connectivity index (χ3n) is 2.36. The number of carbonyl (C=O) groups excluding carboxylic acids is 1. The van der Waals surface area contributed by atoms with E-state index in [0.29, 0.717) is 6.54 Å². The van der Waals surface area contributed by atoms with Crippen molar-refractivity contribution in [2.75, 3.05) is 19.3 Å². The van der Waals surface area contributed by atoms with Crippen LogP contribution in [-0.4, -0.2) is 30.5 Å². The first kappa shape index (κ1) is 14.6. The number of urea groups is 1. The van der Waals surface area contributed by atoms with Crippen LogP contribution in [-0.2, 0) is 0 Å². The molecule has 0 radical (unpaired) electrons. The van der Waals surface area contributed by atoms with Gasteiger partial charge in [0.2, 0.25) is 0 Å². The minimum absolute atomic E-state index is 0.182. The van der Waals surface area contributed by atoms with Gasteiger partial charge in [-0.1, -0.05) is 18.2 Å². The van der Waals surface area contributed by atoms with E-state index < -0.39 is 6.10 Å². The highest BCUT2D eigenvalue weighted by Gasteiger charge is 2.08. The average molecular weight is 266 g/mol. The Morgan fingerprint density at radius 2 is 2.11 bits per heavy atom. The van der Waals surface area contributed by atoms with Gasteiger partial charge in [-0.25, -0.2) is 4.79 Å². The van der Waals surface area contributed by atoms with Crippen LogP contribution in [0.3, 0.4) is 0 Å². The highest BCUT2D eigenvalue weighted by atomic mass is 32.2. The molecule has 1 rings (SSSR count). The first-order valence-electron chi connectivity index (χ1n) is 5.62. The van der Waals surface area contributed by atoms with E-state index in [1.165, 1.54) is 0 Å². The summed E-state index contributed by atoms with van der Waals surface area (Å²) in [5, 5.41) is 15.1. The van der Waals surface area contributed by atoms with Gasteiger partial charge in [-0.05, 0) is 24.0 Å². The van der Waals surface area contributed by atoms with Gasteiger partial charge >= 0.3 is 6.03 Å². The molecule has 0 aliphatic rings. The van der Waals surface area contributed by atoms with Crippen LogP contribution in [0, 0.1) is 0 Å². The van der Waals surface area contributed by atoms with Crippen molar-refractivity contribution in [3.05, 3.63) is 42.5 Å². The molecule has 0 spiro atoms. The second-order valence-electron chi connectivity index (χ2n) is 3.67. The molecule has 0 aliphatic carbocycles. The smallest absolute Gasteiger partial charge is 0.315 e. The molecule has 98 valence electrons. The molecule has 2 amide bonds. The normalized spacial score (nSPS) is 11.7. The van der Waals surface area contributed by atoms with Crippen molar-refractivity contribution < 1.29 is 9.90 Å². The van der Waals surface area contributed by atoms with E-state index in [2.05, 4.69) is 17.2 Å². The van der Waals surface area contributed by atoms with E-state index in [4.69, 9.17) is 0 Å². The zero-order chi connectivity index (χ0) is 13.4. The molecule has 0 aromatic heterocycles. The Balaban J connectivity index is 2.41. The number of aliphatic hydroxyl groups excluding tert-OH is 1. The van der Waals surface area contributed by atoms with Gasteiger partial charge < -0.3 is 15.7 Å². The Morgan fingerprint density at radius 3 is 2.67 bits per heavy atom. The SMILES string of the molecule is C=CCNC(=O)NCC(O)c1ccc(SC)cc1. The number of benzene rings is 1. The number of rotatable bonds is 6. The van der Waals surface area contributed by atoms with Crippen molar-refractivity contribution in [3.8, 4) is 0 Å². The first-order valence-corrected chi connectivity index (χ1v) is 6.84. The molecule has 5 heteroatoms. The van der Waals surface area contributed by atoms with Crippen LogP contribution in [0.2, 0.25) is 0 Å². The van der Waals surface area contributed by atoms with Gasteiger partial charge in [0.15, 0.2) is 0 Å². The number of thioether (sulfide) groups is 1. The summed E-state index contributed by atoms with van der Waals surface area (Å²) < 4.78 is 0. The molecule has 18 heavy (non-hydrogen) atoms. The summed E-state index contributed by atoms with van der Waals surface area (Å²) in [5.74, 6) is 0. The van der Waals surface area contributed by atoms with Crippen molar-refractivity contribution in [3.63, 3.8) is 0 Å². The van der Waals surface area contributed by atoms with Crippen LogP contribution < -0.4 is 10.6 Å². The highest BCUT2D eigenvalue weighted by molar-refractivity contribution is 7.98. The summed E-state index contributed by atoms with van der Waals surface area (Å²) >= 11 is 1.65. The lowest BCUT2D eigenvalue weighted by molar-refractivity contribution is 0.173. The predicted octanol–water partition coefficient (Wildman–Crippen LogP) is 1.93. The molecule has 4 nitrogen and oxygen atoms in total. The largest absolute Gasteiger partial charge is 0.387 e. The Morgan fingerprint density at radius 1 is 1.44 bits per heavy atom. The quantitative estimate of drug-likeness (QED) is 0.544. The van der Waals surface area contributed by atoms with Crippen LogP contribution in [0.15, 0.2) is 41.8 Å². The van der Waals surface area contributed by atoms with Crippen molar-refractivity contribution in [1.29, 1.82) is 0 Å². The lowest BCUT2D eigenvalue weighted by atomic mass is 10.1. The monoisotopic (exact) mass is 266 g/mol. The maximum Gasteiger partial charge on any atom is 0.315 e. The summed E-state index contributed by atoms with van der Waals surface area (Å²) in [6.45, 7) is 4.09. The van der Waals surface area contributed by atoms with E-state index in [-0.39, 0.29) is 12.6 Å². The van der Waals surface area contributed by atoms with Gasteiger partial charge in [-0.3, -0.25) is 0 Å². The zero-order valence-corrected chi connectivity index (χ0v) is 11.2. The lowest BCUT2D eigenvalue weighted by Gasteiger charge is -2.12. The first-order chi connectivity index (χ1) is 8.67. The molecule has 0 heterocycles. The van der Waals surface area contributed by atoms with Crippen molar-refractivity contribution in [1.82, 2.24) is 10.6 Å². The molecule has 1 atom stereocenters. The third-order valence-corrected chi connectivity index (χ3v) is 3.11. The second kappa shape index (κ2) is 7.79. The Kier molecular flexibility index (Phi) is 6.32. The fraction of sp³-hybridized carbons (Fsp3) is 0.308. The van der Waals surface area contributed by atoms with E-state index in [1.807, 2.05) is 30.5 Å². The Labute approximate surface area is 111 Å². The number of amides is 2. The van der Waals surface area contributed by atoms with E-state index >= 15 is 0 Å². The van der Waals surface area contributed by atoms with E-state index in [9.17, 15) is 9.90 Å². The molecule has 0 fully saturated rings. The topological polar surface area (TPSA) is 61.4 Å². The third kappa shape index (κ3) is 4.81. The number of aliphatic hydroxyl groups is 1. The van der Waals surface area contributed by atoms with Crippen molar-refractivity contribution in [2.24, 2.45) is 0 Å². The lowest BCUT2D eigenvalue weighted by Crippen LogP contribution is -2.37. The molecule has 3 N–H and O–H groups in total. The summed E-state index contributed by atoms with van der Waals surface area (Å²) in [4.78, 5) is 12.4. The number of hydrogen-bond acceptors (Lipinski definition) is 3. The number of nitrogens with one attached hydrogen (secondary N) is 2. The van der Waals surface area contributed by atoms with Crippen LogP contribution in [0.4, 0.5) is 4.79 Å². The Bertz CT molecular complexity index is 392. The fourth-order valence-electron chi connectivity index (χ4n) is 1.36. The molecular formula is C13H18N2O2S. The molecule has 0 aliphatic heterocycles. The molecule has 0 saturated carbocycles. The predicted molar refractivity (Wildman–Crippen MR) is 74.8 cm³/mol. The maximum absolute atomic E-state index is 11.3. The summed E-state index contributed by atoms with van der Waals surface area (Å²) in [5.41, 5.74) is 0.789. The summed E-state index contributed by atoms with van der Waals surface area (Å²) in [6, 6.07) is 7.30.